The van der Waals surface area contributed by atoms with Gasteiger partial charge in [-0.1, -0.05) is 11.6 Å². The van der Waals surface area contributed by atoms with Gasteiger partial charge in [0.25, 0.3) is 0 Å². The SMILES string of the molecule is Cn1c(O)c(C=O)c(C=O)c1Cl. The molecule has 1 aromatic rings. The molecule has 0 fully saturated rings. The molecule has 1 aromatic heterocycles. The van der Waals surface area contributed by atoms with Crippen LogP contribution in [0.4, 0.5) is 0 Å². The normalized spacial score (nSPS) is 9.83. The molecule has 0 atom stereocenters. The lowest BCUT2D eigenvalue weighted by molar-refractivity contribution is 0.109. The minimum Gasteiger partial charge on any atom is -0.494 e. The van der Waals surface area contributed by atoms with Crippen molar-refractivity contribution in [3.8, 4) is 5.88 Å². The van der Waals surface area contributed by atoms with E-state index < -0.39 is 0 Å². The molecule has 0 bridgehead atoms. The first kappa shape index (κ1) is 8.80. The van der Waals surface area contributed by atoms with Crippen LogP contribution < -0.4 is 0 Å². The first-order chi connectivity index (χ1) is 5.63. The van der Waals surface area contributed by atoms with E-state index in [2.05, 4.69) is 0 Å². The van der Waals surface area contributed by atoms with Gasteiger partial charge in [0.05, 0.1) is 11.1 Å². The fourth-order valence-electron chi connectivity index (χ4n) is 0.914. The lowest BCUT2D eigenvalue weighted by atomic mass is 10.2. The van der Waals surface area contributed by atoms with Crippen LogP contribution in [0.5, 0.6) is 5.88 Å². The summed E-state index contributed by atoms with van der Waals surface area (Å²) in [4.78, 5) is 20.8. The topological polar surface area (TPSA) is 59.3 Å². The van der Waals surface area contributed by atoms with E-state index in [1.54, 1.807) is 0 Å². The van der Waals surface area contributed by atoms with Crippen molar-refractivity contribution in [2.45, 2.75) is 0 Å². The third kappa shape index (κ3) is 1.00. The number of aldehydes is 2. The summed E-state index contributed by atoms with van der Waals surface area (Å²) in [5.41, 5.74) is -0.0517. The van der Waals surface area contributed by atoms with E-state index in [0.717, 1.165) is 4.57 Å². The van der Waals surface area contributed by atoms with Crippen LogP contribution in [-0.4, -0.2) is 22.2 Å². The van der Waals surface area contributed by atoms with E-state index in [1.807, 2.05) is 0 Å². The van der Waals surface area contributed by atoms with Crippen molar-refractivity contribution in [1.82, 2.24) is 4.57 Å². The smallest absolute Gasteiger partial charge is 0.203 e. The molecule has 0 aliphatic rings. The summed E-state index contributed by atoms with van der Waals surface area (Å²) < 4.78 is 1.16. The Morgan fingerprint density at radius 2 is 1.83 bits per heavy atom. The largest absolute Gasteiger partial charge is 0.494 e. The van der Waals surface area contributed by atoms with Crippen molar-refractivity contribution < 1.29 is 14.7 Å². The van der Waals surface area contributed by atoms with Crippen molar-refractivity contribution in [3.63, 3.8) is 0 Å². The summed E-state index contributed by atoms with van der Waals surface area (Å²) >= 11 is 5.61. The van der Waals surface area contributed by atoms with E-state index >= 15 is 0 Å². The van der Waals surface area contributed by atoms with Crippen LogP contribution in [0.2, 0.25) is 5.15 Å². The zero-order valence-corrected chi connectivity index (χ0v) is 7.00. The van der Waals surface area contributed by atoms with Gasteiger partial charge in [-0.3, -0.25) is 9.59 Å². The van der Waals surface area contributed by atoms with E-state index in [4.69, 9.17) is 11.6 Å². The van der Waals surface area contributed by atoms with Gasteiger partial charge in [0.2, 0.25) is 5.88 Å². The molecule has 5 heteroatoms. The molecule has 0 unspecified atom stereocenters. The Morgan fingerprint density at radius 3 is 2.17 bits per heavy atom. The number of hydrogen-bond acceptors (Lipinski definition) is 3. The first-order valence-electron chi connectivity index (χ1n) is 3.11. The maximum absolute atomic E-state index is 10.4. The number of aromatic hydroxyl groups is 1. The summed E-state index contributed by atoms with van der Waals surface area (Å²) in [6.45, 7) is 0. The van der Waals surface area contributed by atoms with Gasteiger partial charge in [-0.2, -0.15) is 0 Å². The third-order valence-corrected chi connectivity index (χ3v) is 2.06. The second kappa shape index (κ2) is 2.98. The molecule has 1 N–H and O–H groups in total. The molecule has 0 aliphatic heterocycles. The zero-order valence-electron chi connectivity index (χ0n) is 6.24. The number of aromatic nitrogens is 1. The number of nitrogens with zero attached hydrogens (tertiary/aromatic N) is 1. The Kier molecular flexibility index (Phi) is 2.19. The summed E-state index contributed by atoms with van der Waals surface area (Å²) in [7, 11) is 1.46. The molecule has 0 spiro atoms. The van der Waals surface area contributed by atoms with Gasteiger partial charge in [-0.25, -0.2) is 0 Å². The summed E-state index contributed by atoms with van der Waals surface area (Å²) in [5.74, 6) is -0.294. The lowest BCUT2D eigenvalue weighted by Gasteiger charge is -1.94. The van der Waals surface area contributed by atoms with Gasteiger partial charge in [-0.05, 0) is 0 Å². The standard InChI is InChI=1S/C7H6ClNO3/c1-9-6(8)4(2-10)5(3-11)7(9)12/h2-3,12H,1H3. The third-order valence-electron chi connectivity index (χ3n) is 1.60. The van der Waals surface area contributed by atoms with Gasteiger partial charge >= 0.3 is 0 Å². The Balaban J connectivity index is 3.54. The van der Waals surface area contributed by atoms with Gasteiger partial charge in [0.15, 0.2) is 12.6 Å². The predicted octanol–water partition coefficient (Wildman–Crippen LogP) is 1.01. The highest BCUT2D eigenvalue weighted by Crippen LogP contribution is 2.28. The minimum atomic E-state index is -0.294. The number of rotatable bonds is 2. The number of halogens is 1. The van der Waals surface area contributed by atoms with Crippen LogP contribution in [-0.2, 0) is 7.05 Å². The molecule has 0 radical (unpaired) electrons. The second-order valence-electron chi connectivity index (χ2n) is 2.24. The second-order valence-corrected chi connectivity index (χ2v) is 2.59. The van der Waals surface area contributed by atoms with Crippen molar-refractivity contribution in [2.24, 2.45) is 7.05 Å². The van der Waals surface area contributed by atoms with Crippen LogP contribution >= 0.6 is 11.6 Å². The summed E-state index contributed by atoms with van der Waals surface area (Å²) in [6.07, 6.45) is 0.830. The van der Waals surface area contributed by atoms with Crippen molar-refractivity contribution >= 4 is 24.2 Å². The van der Waals surface area contributed by atoms with Crippen LogP contribution in [0.1, 0.15) is 20.7 Å². The maximum Gasteiger partial charge on any atom is 0.203 e. The van der Waals surface area contributed by atoms with Crippen LogP contribution in [0.15, 0.2) is 0 Å². The zero-order chi connectivity index (χ0) is 9.30. The number of carbonyl (C=O) groups is 2. The Morgan fingerprint density at radius 1 is 1.33 bits per heavy atom. The van der Waals surface area contributed by atoms with Crippen LogP contribution in [0.3, 0.4) is 0 Å². The van der Waals surface area contributed by atoms with Gasteiger partial charge in [0.1, 0.15) is 5.15 Å². The first-order valence-corrected chi connectivity index (χ1v) is 3.48. The van der Waals surface area contributed by atoms with Gasteiger partial charge in [-0.15, -0.1) is 0 Å². The quantitative estimate of drug-likeness (QED) is 0.703. The fourth-order valence-corrected chi connectivity index (χ4v) is 1.14. The Labute approximate surface area is 73.4 Å². The molecule has 1 heterocycles. The Hall–Kier alpha value is -1.29. The molecule has 0 amide bonds. The number of hydrogen-bond donors (Lipinski definition) is 1. The van der Waals surface area contributed by atoms with Crippen molar-refractivity contribution in [3.05, 3.63) is 16.3 Å². The van der Waals surface area contributed by atoms with E-state index in [9.17, 15) is 14.7 Å². The molecule has 0 saturated carbocycles. The minimum absolute atomic E-state index is 0.0201. The Bertz CT molecular complexity index is 311. The van der Waals surface area contributed by atoms with Crippen molar-refractivity contribution in [1.29, 1.82) is 0 Å². The molecule has 64 valence electrons. The summed E-state index contributed by atoms with van der Waals surface area (Å²) in [5, 5.41) is 9.28. The number of carbonyl (C=O) groups excluding carboxylic acids is 2. The highest BCUT2D eigenvalue weighted by molar-refractivity contribution is 6.33. The summed E-state index contributed by atoms with van der Waals surface area (Å²) in [6, 6.07) is 0. The lowest BCUT2D eigenvalue weighted by Crippen LogP contribution is -1.86. The molecular weight excluding hydrogens is 182 g/mol. The molecule has 0 aliphatic carbocycles. The van der Waals surface area contributed by atoms with Gasteiger partial charge < -0.3 is 9.67 Å². The van der Waals surface area contributed by atoms with Crippen LogP contribution in [0.25, 0.3) is 0 Å². The molecule has 12 heavy (non-hydrogen) atoms. The predicted molar refractivity (Wildman–Crippen MR) is 42.9 cm³/mol. The monoisotopic (exact) mass is 187 g/mol. The van der Waals surface area contributed by atoms with Crippen LogP contribution in [0, 0.1) is 0 Å². The van der Waals surface area contributed by atoms with E-state index in [1.165, 1.54) is 7.05 Å². The van der Waals surface area contributed by atoms with E-state index in [-0.39, 0.29) is 22.2 Å². The van der Waals surface area contributed by atoms with Gasteiger partial charge in [0, 0.05) is 7.05 Å². The fraction of sp³-hybridized carbons (Fsp3) is 0.143. The molecule has 4 nitrogen and oxygen atoms in total. The average molecular weight is 188 g/mol. The molecular formula is C7H6ClNO3. The molecule has 0 aromatic carbocycles. The van der Waals surface area contributed by atoms with Crippen molar-refractivity contribution in [2.75, 3.05) is 0 Å². The highest BCUT2D eigenvalue weighted by Gasteiger charge is 2.17. The van der Waals surface area contributed by atoms with E-state index in [0.29, 0.717) is 12.6 Å². The highest BCUT2D eigenvalue weighted by atomic mass is 35.5. The molecule has 0 saturated heterocycles. The average Bonchev–Trinajstić information content (AvgIpc) is 2.29. The molecule has 1 rings (SSSR count). The maximum atomic E-state index is 10.4.